The highest BCUT2D eigenvalue weighted by Crippen LogP contribution is 2.48. The first-order chi connectivity index (χ1) is 38.4. The van der Waals surface area contributed by atoms with Crippen LogP contribution >= 0.6 is 11.6 Å². The average molecular weight is 1180 g/mol. The van der Waals surface area contributed by atoms with Crippen LogP contribution in [0.3, 0.4) is 0 Å². The van der Waals surface area contributed by atoms with E-state index in [1.54, 1.807) is 41.7 Å². The molecule has 7 aliphatic heterocycles. The Labute approximate surface area is 487 Å². The van der Waals surface area contributed by atoms with E-state index in [2.05, 4.69) is 19.7 Å². The van der Waals surface area contributed by atoms with Gasteiger partial charge in [0.15, 0.2) is 17.4 Å². The SMILES string of the molecule is C=C(Cl)/C=C/[C@H](O)CC(=C)C[C@H]1O[C@H]2[C@@H](C)[C@@H](OC(=O)C[C@@H]3C[C@@H](O)C[C@]4(C[C@](C)(O)C[C@H](CC(=C)[C@@H](C)[C@@H](OC(C)=O)[C@H](C)C(=O)C[C@@H]5C[C@H](OC)C[C@@]6(C[C@H](O)C[C@@H](/C=C\CCC[C@H]7O[C@](O)(C[C@@H](O)[C@@H]7C)[C@H]2O)O6)O5)O4)O3)[C@@H]1O. The largest absolute Gasteiger partial charge is 0.461 e. The number of methoxy groups -OCH3 is 1. The zero-order valence-corrected chi connectivity index (χ0v) is 49.6. The minimum absolute atomic E-state index is 0.00951. The number of aliphatic hydroxyl groups is 8. The number of carbonyl (C=O) groups excluding carboxylic acids is 3. The van der Waals surface area contributed by atoms with Crippen molar-refractivity contribution < 1.29 is 97.9 Å². The number of aliphatic hydroxyl groups excluding tert-OH is 6. The minimum atomic E-state index is -2.39. The first-order valence-electron chi connectivity index (χ1n) is 29.4. The maximum absolute atomic E-state index is 14.4. The molecule has 6 fully saturated rings. The number of esters is 2. The van der Waals surface area contributed by atoms with Crippen molar-refractivity contribution in [2.45, 2.75) is 271 Å². The summed E-state index contributed by atoms with van der Waals surface area (Å²) in [7, 11) is 1.58. The molecule has 7 heterocycles. The second-order valence-corrected chi connectivity index (χ2v) is 25.8. The number of carbonyl (C=O) groups is 3. The monoisotopic (exact) mass is 1180 g/mol. The lowest BCUT2D eigenvalue weighted by Gasteiger charge is -2.52. The Bertz CT molecular complexity index is 2310. The molecule has 7 rings (SSSR count). The van der Waals surface area contributed by atoms with Gasteiger partial charge in [-0.3, -0.25) is 14.4 Å². The zero-order chi connectivity index (χ0) is 60.2. The van der Waals surface area contributed by atoms with E-state index in [0.717, 1.165) is 0 Å². The molecular formula is C61H93ClO20. The second kappa shape index (κ2) is 27.8. The Kier molecular flexibility index (Phi) is 22.5. The van der Waals surface area contributed by atoms with Gasteiger partial charge in [0.2, 0.25) is 0 Å². The van der Waals surface area contributed by atoms with E-state index in [-0.39, 0.29) is 81.1 Å². The Morgan fingerprint density at radius 3 is 2.21 bits per heavy atom. The molecule has 0 aromatic heterocycles. The van der Waals surface area contributed by atoms with E-state index in [4.69, 9.17) is 54.2 Å². The molecule has 0 amide bonds. The van der Waals surface area contributed by atoms with E-state index in [1.807, 2.05) is 12.2 Å². The van der Waals surface area contributed by atoms with Crippen molar-refractivity contribution in [1.82, 2.24) is 0 Å². The van der Waals surface area contributed by atoms with Crippen molar-refractivity contribution in [2.24, 2.45) is 23.7 Å². The lowest BCUT2D eigenvalue weighted by atomic mass is 9.78. The minimum Gasteiger partial charge on any atom is -0.461 e. The number of hydrogen-bond acceptors (Lipinski definition) is 20. The van der Waals surface area contributed by atoms with Crippen molar-refractivity contribution in [3.63, 3.8) is 0 Å². The van der Waals surface area contributed by atoms with Crippen LogP contribution in [0.4, 0.5) is 0 Å². The number of ether oxygens (including phenoxy) is 9. The molecule has 8 N–H and O–H groups in total. The second-order valence-electron chi connectivity index (χ2n) is 25.4. The summed E-state index contributed by atoms with van der Waals surface area (Å²) in [6.45, 7) is 21.8. The number of ketones is 1. The third-order valence-electron chi connectivity index (χ3n) is 18.0. The van der Waals surface area contributed by atoms with Crippen LogP contribution in [0.1, 0.15) is 151 Å². The lowest BCUT2D eigenvalue weighted by Crippen LogP contribution is -2.65. The molecular weight excluding hydrogens is 1090 g/mol. The van der Waals surface area contributed by atoms with Gasteiger partial charge < -0.3 is 83.5 Å². The number of fused-ring (bicyclic) bond motifs is 8. The Hall–Kier alpha value is -3.00. The van der Waals surface area contributed by atoms with Gasteiger partial charge in [-0.05, 0) is 51.5 Å². The molecule has 0 radical (unpaired) electrons. The molecule has 0 unspecified atom stereocenters. The summed E-state index contributed by atoms with van der Waals surface area (Å²) in [5.74, 6) is -9.90. The number of halogens is 1. The molecule has 464 valence electrons. The molecule has 0 saturated carbocycles. The van der Waals surface area contributed by atoms with Crippen molar-refractivity contribution >= 4 is 29.3 Å². The predicted octanol–water partition coefficient (Wildman–Crippen LogP) is 5.34. The summed E-state index contributed by atoms with van der Waals surface area (Å²) >= 11 is 5.88. The molecule has 0 aromatic rings. The van der Waals surface area contributed by atoms with Crippen LogP contribution in [0.5, 0.6) is 0 Å². The van der Waals surface area contributed by atoms with Crippen LogP contribution in [-0.4, -0.2) is 186 Å². The number of rotatable bonds is 8. The van der Waals surface area contributed by atoms with E-state index in [0.29, 0.717) is 43.3 Å². The number of allylic oxidation sites excluding steroid dienone is 3. The van der Waals surface area contributed by atoms with E-state index < -0.39 is 163 Å². The zero-order valence-electron chi connectivity index (χ0n) is 48.9. The van der Waals surface area contributed by atoms with Gasteiger partial charge in [-0.2, -0.15) is 0 Å². The molecule has 82 heavy (non-hydrogen) atoms. The maximum Gasteiger partial charge on any atom is 0.308 e. The highest BCUT2D eigenvalue weighted by atomic mass is 35.5. The third-order valence-corrected chi connectivity index (χ3v) is 18.1. The summed E-state index contributed by atoms with van der Waals surface area (Å²) in [5, 5.41) is 93.6. The molecule has 24 atom stereocenters. The lowest BCUT2D eigenvalue weighted by molar-refractivity contribution is -0.351. The fourth-order valence-electron chi connectivity index (χ4n) is 13.8. The van der Waals surface area contributed by atoms with Gasteiger partial charge in [-0.25, -0.2) is 0 Å². The van der Waals surface area contributed by atoms with Crippen LogP contribution < -0.4 is 0 Å². The van der Waals surface area contributed by atoms with Gasteiger partial charge in [0.1, 0.15) is 30.2 Å². The smallest absolute Gasteiger partial charge is 0.308 e. The topological polar surface area (TPSA) is 296 Å². The van der Waals surface area contributed by atoms with Crippen LogP contribution in [0.25, 0.3) is 0 Å². The molecule has 6 saturated heterocycles. The van der Waals surface area contributed by atoms with Gasteiger partial charge in [0, 0.05) is 101 Å². The Morgan fingerprint density at radius 2 is 1.51 bits per heavy atom. The summed E-state index contributed by atoms with van der Waals surface area (Å²) in [6.07, 6.45) is -8.40. The third kappa shape index (κ3) is 16.9. The average Bonchev–Trinajstić information content (AvgIpc) is 3.31. The fourth-order valence-corrected chi connectivity index (χ4v) is 13.9. The van der Waals surface area contributed by atoms with Crippen LogP contribution in [0.15, 0.2) is 60.2 Å². The molecule has 7 aliphatic rings. The van der Waals surface area contributed by atoms with Crippen LogP contribution in [0.2, 0.25) is 0 Å². The van der Waals surface area contributed by atoms with Gasteiger partial charge in [-0.1, -0.05) is 88.4 Å². The van der Waals surface area contributed by atoms with E-state index in [9.17, 15) is 55.2 Å². The van der Waals surface area contributed by atoms with Crippen LogP contribution in [0, 0.1) is 23.7 Å². The van der Waals surface area contributed by atoms with Gasteiger partial charge in [0.25, 0.3) is 0 Å². The van der Waals surface area contributed by atoms with Crippen molar-refractivity contribution in [1.29, 1.82) is 0 Å². The molecule has 21 heteroatoms. The quantitative estimate of drug-likeness (QED) is 0.0864. The Morgan fingerprint density at radius 1 is 0.841 bits per heavy atom. The molecule has 0 aromatic carbocycles. The van der Waals surface area contributed by atoms with E-state index >= 15 is 0 Å². The normalized spacial score (nSPS) is 45.8. The van der Waals surface area contributed by atoms with Gasteiger partial charge in [-0.15, -0.1) is 0 Å². The highest BCUT2D eigenvalue weighted by molar-refractivity contribution is 6.30. The summed E-state index contributed by atoms with van der Waals surface area (Å²) in [6, 6.07) is 0. The maximum atomic E-state index is 14.4. The molecule has 0 aliphatic carbocycles. The molecule has 10 bridgehead atoms. The summed E-state index contributed by atoms with van der Waals surface area (Å²) in [4.78, 5) is 41.4. The number of Topliss-reactive ketones (excluding diaryl/α,β-unsaturated/α-hetero) is 1. The van der Waals surface area contributed by atoms with Gasteiger partial charge >= 0.3 is 11.9 Å². The van der Waals surface area contributed by atoms with Crippen LogP contribution in [-0.2, 0) is 57.0 Å². The molecule has 2 spiro atoms. The standard InChI is InChI=1S/C61H93ClO20/c1-32(18-40(64)17-16-34(3)62)19-51-53(70)55-38(7)56(76-51)57(71)61(73)30-49(68)36(5)50(82-61)15-13-11-12-14-43-21-41(65)26-59(78-43)29-46(74-10)23-45(79-59)24-48(67)37(6)54(75-39(8)63)35(4)33(2)20-47-28-58(9,72)31-60(81-47)27-42(66)22-44(80-60)25-52(69)77-55/h12,14,16-17,35-38,40-47,49-51,53-57,64-66,68,70-73H,1-3,11,13,15,18-31H2,4-10H3/b14-12-,17-16+/t35-,36+,37-,38+,40+,41-,42-,43-,44+,45+,46+,47+,49-,50-,51-,53-,54-,55-,56+,57+,58-,59-,60+,61-/m1/s1. The first kappa shape index (κ1) is 66.5. The van der Waals surface area contributed by atoms with Crippen molar-refractivity contribution in [3.8, 4) is 0 Å². The first-order valence-corrected chi connectivity index (χ1v) is 29.8. The number of hydrogen-bond donors (Lipinski definition) is 8. The Balaban J connectivity index is 1.19. The predicted molar refractivity (Wildman–Crippen MR) is 298 cm³/mol. The van der Waals surface area contributed by atoms with Gasteiger partial charge in [0.05, 0.1) is 91.2 Å². The van der Waals surface area contributed by atoms with Crippen molar-refractivity contribution in [2.75, 3.05) is 7.11 Å². The van der Waals surface area contributed by atoms with E-state index in [1.165, 1.54) is 19.1 Å². The highest BCUT2D eigenvalue weighted by Gasteiger charge is 2.58. The summed E-state index contributed by atoms with van der Waals surface area (Å²) in [5.41, 5.74) is -0.438. The fraction of sp³-hybridized carbons (Fsp3) is 0.787. The summed E-state index contributed by atoms with van der Waals surface area (Å²) < 4.78 is 57.3. The van der Waals surface area contributed by atoms with Crippen molar-refractivity contribution in [3.05, 3.63) is 60.2 Å². The molecule has 20 nitrogen and oxygen atoms in total.